The second kappa shape index (κ2) is 5.19. The molecule has 0 nitrogen and oxygen atoms in total. The third-order valence-electron chi connectivity index (χ3n) is 5.84. The van der Waals surface area contributed by atoms with E-state index >= 15 is 0 Å². The molecule has 2 aliphatic carbocycles. The molecule has 0 amide bonds. The SMILES string of the molecule is [CH]1c2ccccc2-c2cccc(C3c4ccccc4-c4ccccc43)c21. The molecule has 0 N–H and O–H groups in total. The quantitative estimate of drug-likeness (QED) is 0.326. The summed E-state index contributed by atoms with van der Waals surface area (Å²) >= 11 is 0. The first kappa shape index (κ1) is 14.1. The highest BCUT2D eigenvalue weighted by atomic mass is 14.4. The Morgan fingerprint density at radius 2 is 0.962 bits per heavy atom. The molecule has 0 aliphatic heterocycles. The van der Waals surface area contributed by atoms with Crippen LogP contribution in [0.3, 0.4) is 0 Å². The lowest BCUT2D eigenvalue weighted by Crippen LogP contribution is -2.02. The van der Waals surface area contributed by atoms with Crippen LogP contribution >= 0.6 is 0 Å². The van der Waals surface area contributed by atoms with E-state index in [0.29, 0.717) is 5.92 Å². The number of rotatable bonds is 1. The van der Waals surface area contributed by atoms with Gasteiger partial charge in [0, 0.05) is 12.3 Å². The van der Waals surface area contributed by atoms with Gasteiger partial charge in [-0.25, -0.2) is 0 Å². The van der Waals surface area contributed by atoms with Crippen LogP contribution in [0.5, 0.6) is 0 Å². The lowest BCUT2D eigenvalue weighted by molar-refractivity contribution is 1.01. The molecule has 0 saturated carbocycles. The Kier molecular flexibility index (Phi) is 2.81. The molecule has 0 fully saturated rings. The van der Waals surface area contributed by atoms with E-state index < -0.39 is 0 Å². The van der Waals surface area contributed by atoms with E-state index in [1.54, 1.807) is 0 Å². The maximum atomic E-state index is 2.36. The highest BCUT2D eigenvalue weighted by Gasteiger charge is 2.32. The third-order valence-corrected chi connectivity index (χ3v) is 5.84. The summed E-state index contributed by atoms with van der Waals surface area (Å²) in [5.74, 6) is 0.308. The summed E-state index contributed by atoms with van der Waals surface area (Å²) in [6, 6.07) is 33.2. The van der Waals surface area contributed by atoms with Crippen molar-refractivity contribution in [1.82, 2.24) is 0 Å². The summed E-state index contributed by atoms with van der Waals surface area (Å²) in [7, 11) is 0. The lowest BCUT2D eigenvalue weighted by Gasteiger charge is -2.18. The van der Waals surface area contributed by atoms with Crippen LogP contribution in [-0.2, 0) is 0 Å². The molecule has 4 aromatic carbocycles. The maximum Gasteiger partial charge on any atom is 0.0355 e. The normalized spacial score (nSPS) is 13.8. The van der Waals surface area contributed by atoms with Gasteiger partial charge >= 0.3 is 0 Å². The Balaban J connectivity index is 1.62. The largest absolute Gasteiger partial charge is 0.0619 e. The van der Waals surface area contributed by atoms with Crippen LogP contribution < -0.4 is 0 Å². The molecule has 0 heteroatoms. The van der Waals surface area contributed by atoms with Crippen molar-refractivity contribution >= 4 is 0 Å². The van der Waals surface area contributed by atoms with Gasteiger partial charge in [-0.3, -0.25) is 0 Å². The molecular formula is C26H17. The highest BCUT2D eigenvalue weighted by molar-refractivity contribution is 5.86. The predicted octanol–water partition coefficient (Wildman–Crippen LogP) is 6.43. The molecule has 0 heterocycles. The van der Waals surface area contributed by atoms with Gasteiger partial charge < -0.3 is 0 Å². The second-order valence-electron chi connectivity index (χ2n) is 7.15. The Morgan fingerprint density at radius 1 is 0.423 bits per heavy atom. The van der Waals surface area contributed by atoms with E-state index in [0.717, 1.165) is 0 Å². The van der Waals surface area contributed by atoms with Gasteiger partial charge in [0.25, 0.3) is 0 Å². The zero-order valence-corrected chi connectivity index (χ0v) is 14.3. The monoisotopic (exact) mass is 329 g/mol. The Labute approximate surface area is 153 Å². The summed E-state index contributed by atoms with van der Waals surface area (Å²) in [6.45, 7) is 0. The van der Waals surface area contributed by atoms with Crippen molar-refractivity contribution in [3.63, 3.8) is 0 Å². The van der Waals surface area contributed by atoms with Gasteiger partial charge in [0.2, 0.25) is 0 Å². The van der Waals surface area contributed by atoms with E-state index in [1.807, 2.05) is 0 Å². The van der Waals surface area contributed by atoms with Crippen LogP contribution in [0.25, 0.3) is 22.3 Å². The van der Waals surface area contributed by atoms with E-state index in [2.05, 4.69) is 97.4 Å². The fourth-order valence-corrected chi connectivity index (χ4v) is 4.75. The highest BCUT2D eigenvalue weighted by Crippen LogP contribution is 2.51. The Hall–Kier alpha value is -3.12. The summed E-state index contributed by atoms with van der Waals surface area (Å²) < 4.78 is 0. The van der Waals surface area contributed by atoms with E-state index in [4.69, 9.17) is 0 Å². The summed E-state index contributed by atoms with van der Waals surface area (Å²) in [6.07, 6.45) is 2.36. The van der Waals surface area contributed by atoms with Crippen LogP contribution in [0.15, 0.2) is 91.0 Å². The standard InChI is InChI=1S/C26H17/c1-2-9-18-17(8-1)16-25-19(18)14-7-15-24(25)26-22-12-5-3-10-20(22)21-11-4-6-13-23(21)26/h1-16,26H. The molecule has 0 aromatic heterocycles. The zero-order valence-electron chi connectivity index (χ0n) is 14.3. The predicted molar refractivity (Wildman–Crippen MR) is 107 cm³/mol. The van der Waals surface area contributed by atoms with E-state index in [1.165, 1.54) is 50.1 Å². The molecule has 1 radical (unpaired) electrons. The molecule has 2 aliphatic rings. The van der Waals surface area contributed by atoms with Gasteiger partial charge in [-0.2, -0.15) is 0 Å². The van der Waals surface area contributed by atoms with E-state index in [9.17, 15) is 0 Å². The van der Waals surface area contributed by atoms with Crippen molar-refractivity contribution < 1.29 is 0 Å². The summed E-state index contributed by atoms with van der Waals surface area (Å²) in [5, 5.41) is 0. The molecule has 0 bridgehead atoms. The minimum absolute atomic E-state index is 0.308. The molecule has 121 valence electrons. The lowest BCUT2D eigenvalue weighted by atomic mass is 9.85. The topological polar surface area (TPSA) is 0 Å². The molecule has 4 aromatic rings. The van der Waals surface area contributed by atoms with Crippen molar-refractivity contribution in [3.8, 4) is 22.3 Å². The van der Waals surface area contributed by atoms with Crippen LogP contribution in [0.1, 0.15) is 33.7 Å². The number of hydrogen-bond donors (Lipinski definition) is 0. The fourth-order valence-electron chi connectivity index (χ4n) is 4.75. The Bertz CT molecular complexity index is 1120. The van der Waals surface area contributed by atoms with Crippen molar-refractivity contribution in [2.75, 3.05) is 0 Å². The van der Waals surface area contributed by atoms with Gasteiger partial charge in [0.05, 0.1) is 0 Å². The van der Waals surface area contributed by atoms with Crippen LogP contribution in [0.4, 0.5) is 0 Å². The molecule has 0 atom stereocenters. The van der Waals surface area contributed by atoms with Crippen LogP contribution in [0, 0.1) is 6.42 Å². The smallest absolute Gasteiger partial charge is 0.0355 e. The number of hydrogen-bond acceptors (Lipinski definition) is 0. The third kappa shape index (κ3) is 1.79. The first-order valence-electron chi connectivity index (χ1n) is 9.17. The number of benzene rings is 4. The van der Waals surface area contributed by atoms with Gasteiger partial charge in [0.15, 0.2) is 0 Å². The van der Waals surface area contributed by atoms with Crippen molar-refractivity contribution in [2.24, 2.45) is 0 Å². The first-order chi connectivity index (χ1) is 12.9. The molecule has 26 heavy (non-hydrogen) atoms. The summed E-state index contributed by atoms with van der Waals surface area (Å²) in [5.41, 5.74) is 12.4. The van der Waals surface area contributed by atoms with Crippen LogP contribution in [0.2, 0.25) is 0 Å². The minimum atomic E-state index is 0.308. The van der Waals surface area contributed by atoms with Crippen molar-refractivity contribution in [1.29, 1.82) is 0 Å². The zero-order chi connectivity index (χ0) is 17.1. The average molecular weight is 329 g/mol. The average Bonchev–Trinajstić information content (AvgIpc) is 3.24. The van der Waals surface area contributed by atoms with Crippen molar-refractivity contribution in [3.05, 3.63) is 125 Å². The Morgan fingerprint density at radius 3 is 1.69 bits per heavy atom. The van der Waals surface area contributed by atoms with Crippen LogP contribution in [-0.4, -0.2) is 0 Å². The fraction of sp³-hybridized carbons (Fsp3) is 0.0385. The van der Waals surface area contributed by atoms with E-state index in [-0.39, 0.29) is 0 Å². The molecule has 6 rings (SSSR count). The van der Waals surface area contributed by atoms with Crippen molar-refractivity contribution in [2.45, 2.75) is 5.92 Å². The second-order valence-corrected chi connectivity index (χ2v) is 7.15. The minimum Gasteiger partial charge on any atom is -0.0619 e. The molecule has 0 saturated heterocycles. The molecule has 0 spiro atoms. The van der Waals surface area contributed by atoms with Gasteiger partial charge in [-0.05, 0) is 50.1 Å². The first-order valence-corrected chi connectivity index (χ1v) is 9.17. The van der Waals surface area contributed by atoms with Gasteiger partial charge in [-0.15, -0.1) is 0 Å². The molecular weight excluding hydrogens is 312 g/mol. The number of fused-ring (bicyclic) bond motifs is 6. The molecule has 0 unspecified atom stereocenters. The van der Waals surface area contributed by atoms with Gasteiger partial charge in [0.1, 0.15) is 0 Å². The van der Waals surface area contributed by atoms with Gasteiger partial charge in [-0.1, -0.05) is 91.0 Å². The summed E-state index contributed by atoms with van der Waals surface area (Å²) in [4.78, 5) is 0. The maximum absolute atomic E-state index is 2.36.